The van der Waals surface area contributed by atoms with Crippen molar-refractivity contribution >= 4 is 16.8 Å². The number of nitrogens with zero attached hydrogens (tertiary/aromatic N) is 1. The number of ether oxygens (including phenoxy) is 1. The number of aromatic nitrogens is 1. The summed E-state index contributed by atoms with van der Waals surface area (Å²) in [4.78, 5) is 18.1. The van der Waals surface area contributed by atoms with Gasteiger partial charge in [-0.3, -0.25) is 4.79 Å². The van der Waals surface area contributed by atoms with Gasteiger partial charge in [0.1, 0.15) is 11.6 Å². The van der Waals surface area contributed by atoms with Crippen LogP contribution in [0.3, 0.4) is 0 Å². The van der Waals surface area contributed by atoms with Gasteiger partial charge in [-0.2, -0.15) is 0 Å². The van der Waals surface area contributed by atoms with E-state index in [-0.39, 0.29) is 17.6 Å². The third-order valence-electron chi connectivity index (χ3n) is 5.09. The highest BCUT2D eigenvalue weighted by Crippen LogP contribution is 2.30. The van der Waals surface area contributed by atoms with Gasteiger partial charge in [-0.05, 0) is 61.4 Å². The van der Waals surface area contributed by atoms with E-state index in [9.17, 15) is 9.18 Å². The van der Waals surface area contributed by atoms with Crippen LogP contribution >= 0.6 is 0 Å². The zero-order valence-corrected chi connectivity index (χ0v) is 14.7. The van der Waals surface area contributed by atoms with Crippen LogP contribution in [0.1, 0.15) is 34.8 Å². The summed E-state index contributed by atoms with van der Waals surface area (Å²) in [5.74, 6) is 0.785. The lowest BCUT2D eigenvalue weighted by atomic mass is 9.94. The van der Waals surface area contributed by atoms with Gasteiger partial charge in [0.2, 0.25) is 0 Å². The van der Waals surface area contributed by atoms with Gasteiger partial charge in [0.05, 0.1) is 7.11 Å². The molecule has 5 heteroatoms. The number of carbonyl (C=O) groups excluding carboxylic acids is 1. The number of hydrogen-bond donors (Lipinski definition) is 1. The van der Waals surface area contributed by atoms with E-state index in [0.717, 1.165) is 41.7 Å². The first-order valence-corrected chi connectivity index (χ1v) is 8.85. The van der Waals surface area contributed by atoms with E-state index >= 15 is 0 Å². The summed E-state index contributed by atoms with van der Waals surface area (Å²) in [5.41, 5.74) is 2.67. The standard InChI is InChI=1S/C21H21FN2O2/c1-26-18-7-4-14(5-8-18)21(25)24-10-2-3-15(13-24)20-12-16-11-17(22)6-9-19(16)23-20/h4-9,11-12,15,23H,2-3,10,13H2,1H3. The molecule has 1 fully saturated rings. The highest BCUT2D eigenvalue weighted by Gasteiger charge is 2.26. The van der Waals surface area contributed by atoms with Crippen molar-refractivity contribution in [1.29, 1.82) is 0 Å². The molecule has 0 radical (unpaired) electrons. The zero-order chi connectivity index (χ0) is 18.1. The molecule has 1 amide bonds. The molecule has 1 atom stereocenters. The molecule has 1 saturated heterocycles. The van der Waals surface area contributed by atoms with Gasteiger partial charge in [-0.25, -0.2) is 4.39 Å². The molecule has 3 aromatic rings. The molecule has 1 N–H and O–H groups in total. The SMILES string of the molecule is COc1ccc(C(=O)N2CCCC(c3cc4cc(F)ccc4[nH]3)C2)cc1. The van der Waals surface area contributed by atoms with E-state index in [1.54, 1.807) is 43.5 Å². The molecule has 0 saturated carbocycles. The van der Waals surface area contributed by atoms with Crippen LogP contribution < -0.4 is 4.74 Å². The van der Waals surface area contributed by atoms with Crippen molar-refractivity contribution in [3.8, 4) is 5.75 Å². The number of likely N-dealkylation sites (tertiary alicyclic amines) is 1. The molecule has 2 aromatic carbocycles. The van der Waals surface area contributed by atoms with E-state index < -0.39 is 0 Å². The minimum atomic E-state index is -0.233. The van der Waals surface area contributed by atoms with Crippen LogP contribution in [-0.2, 0) is 0 Å². The number of methoxy groups -OCH3 is 1. The molecular formula is C21H21FN2O2. The Morgan fingerprint density at radius 3 is 2.77 bits per heavy atom. The van der Waals surface area contributed by atoms with Crippen molar-refractivity contribution in [2.75, 3.05) is 20.2 Å². The maximum absolute atomic E-state index is 13.4. The number of fused-ring (bicyclic) bond motifs is 1. The second kappa shape index (κ2) is 6.83. The molecule has 4 nitrogen and oxygen atoms in total. The number of halogens is 1. The average molecular weight is 352 g/mol. The molecule has 1 aliphatic heterocycles. The second-order valence-corrected chi connectivity index (χ2v) is 6.78. The monoisotopic (exact) mass is 352 g/mol. The molecule has 4 rings (SSSR count). The minimum Gasteiger partial charge on any atom is -0.497 e. The van der Waals surface area contributed by atoms with Crippen molar-refractivity contribution in [1.82, 2.24) is 9.88 Å². The van der Waals surface area contributed by atoms with Crippen molar-refractivity contribution in [3.05, 3.63) is 65.6 Å². The highest BCUT2D eigenvalue weighted by atomic mass is 19.1. The van der Waals surface area contributed by atoms with E-state index in [1.165, 1.54) is 6.07 Å². The first kappa shape index (κ1) is 16.6. The van der Waals surface area contributed by atoms with Crippen molar-refractivity contribution in [2.24, 2.45) is 0 Å². The summed E-state index contributed by atoms with van der Waals surface area (Å²) < 4.78 is 18.6. The quantitative estimate of drug-likeness (QED) is 0.762. The third kappa shape index (κ3) is 3.17. The summed E-state index contributed by atoms with van der Waals surface area (Å²) >= 11 is 0. The van der Waals surface area contributed by atoms with Gasteiger partial charge in [0, 0.05) is 41.2 Å². The van der Waals surface area contributed by atoms with Crippen molar-refractivity contribution < 1.29 is 13.9 Å². The van der Waals surface area contributed by atoms with Gasteiger partial charge >= 0.3 is 0 Å². The molecule has 1 aliphatic rings. The Morgan fingerprint density at radius 2 is 2.00 bits per heavy atom. The summed E-state index contributed by atoms with van der Waals surface area (Å²) in [5, 5.41) is 0.874. The van der Waals surface area contributed by atoms with Crippen molar-refractivity contribution in [2.45, 2.75) is 18.8 Å². The van der Waals surface area contributed by atoms with Crippen LogP contribution in [0.2, 0.25) is 0 Å². The Balaban J connectivity index is 1.53. The summed E-state index contributed by atoms with van der Waals surface area (Å²) in [7, 11) is 1.61. The fourth-order valence-corrected chi connectivity index (χ4v) is 3.68. The number of nitrogens with one attached hydrogen (secondary N) is 1. The normalized spacial score (nSPS) is 17.5. The topological polar surface area (TPSA) is 45.3 Å². The number of hydrogen-bond acceptors (Lipinski definition) is 2. The maximum Gasteiger partial charge on any atom is 0.253 e. The van der Waals surface area contributed by atoms with Crippen LogP contribution in [0.25, 0.3) is 10.9 Å². The molecule has 1 unspecified atom stereocenters. The van der Waals surface area contributed by atoms with Crippen LogP contribution in [-0.4, -0.2) is 36.0 Å². The van der Waals surface area contributed by atoms with Crippen LogP contribution in [0.15, 0.2) is 48.5 Å². The van der Waals surface area contributed by atoms with Gasteiger partial charge in [-0.1, -0.05) is 0 Å². The predicted octanol–water partition coefficient (Wildman–Crippen LogP) is 4.34. The van der Waals surface area contributed by atoms with Crippen LogP contribution in [0.5, 0.6) is 5.75 Å². The van der Waals surface area contributed by atoms with E-state index in [0.29, 0.717) is 12.1 Å². The van der Waals surface area contributed by atoms with Crippen molar-refractivity contribution in [3.63, 3.8) is 0 Å². The summed E-state index contributed by atoms with van der Waals surface area (Å²) in [6.07, 6.45) is 1.97. The lowest BCUT2D eigenvalue weighted by molar-refractivity contribution is 0.0706. The van der Waals surface area contributed by atoms with E-state index in [4.69, 9.17) is 4.74 Å². The number of amides is 1. The number of aromatic amines is 1. The average Bonchev–Trinajstić information content (AvgIpc) is 3.11. The molecule has 0 aliphatic carbocycles. The molecule has 134 valence electrons. The van der Waals surface area contributed by atoms with Crippen LogP contribution in [0, 0.1) is 5.82 Å². The summed E-state index contributed by atoms with van der Waals surface area (Å²) in [6, 6.07) is 14.0. The largest absolute Gasteiger partial charge is 0.497 e. The first-order chi connectivity index (χ1) is 12.6. The number of benzene rings is 2. The Kier molecular flexibility index (Phi) is 4.37. The van der Waals surface area contributed by atoms with Gasteiger partial charge in [0.25, 0.3) is 5.91 Å². The fraction of sp³-hybridized carbons (Fsp3) is 0.286. The molecule has 2 heterocycles. The summed E-state index contributed by atoms with van der Waals surface area (Å²) in [6.45, 7) is 1.43. The number of rotatable bonds is 3. The second-order valence-electron chi connectivity index (χ2n) is 6.78. The fourth-order valence-electron chi connectivity index (χ4n) is 3.68. The molecule has 0 spiro atoms. The third-order valence-corrected chi connectivity index (χ3v) is 5.09. The van der Waals surface area contributed by atoms with Gasteiger partial charge in [0.15, 0.2) is 0 Å². The number of piperidine rings is 1. The Labute approximate surface area is 151 Å². The molecule has 26 heavy (non-hydrogen) atoms. The smallest absolute Gasteiger partial charge is 0.253 e. The van der Waals surface area contributed by atoms with E-state index in [1.807, 2.05) is 11.0 Å². The lowest BCUT2D eigenvalue weighted by Gasteiger charge is -2.32. The number of H-pyrrole nitrogens is 1. The molecule has 0 bridgehead atoms. The molecular weight excluding hydrogens is 331 g/mol. The lowest BCUT2D eigenvalue weighted by Crippen LogP contribution is -2.39. The first-order valence-electron chi connectivity index (χ1n) is 8.85. The minimum absolute atomic E-state index is 0.0412. The van der Waals surface area contributed by atoms with Gasteiger partial charge in [-0.15, -0.1) is 0 Å². The Morgan fingerprint density at radius 1 is 1.19 bits per heavy atom. The van der Waals surface area contributed by atoms with Crippen LogP contribution in [0.4, 0.5) is 4.39 Å². The maximum atomic E-state index is 13.4. The van der Waals surface area contributed by atoms with E-state index in [2.05, 4.69) is 4.98 Å². The number of carbonyl (C=O) groups is 1. The predicted molar refractivity (Wildman–Crippen MR) is 99.1 cm³/mol. The molecule has 1 aromatic heterocycles. The van der Waals surface area contributed by atoms with Gasteiger partial charge < -0.3 is 14.6 Å². The Hall–Kier alpha value is -2.82. The Bertz CT molecular complexity index is 933. The zero-order valence-electron chi connectivity index (χ0n) is 14.7. The highest BCUT2D eigenvalue weighted by molar-refractivity contribution is 5.94.